The molecule has 0 aliphatic rings. The summed E-state index contributed by atoms with van der Waals surface area (Å²) in [6.07, 6.45) is 4.81. The average Bonchev–Trinajstić information content (AvgIpc) is 3.06. The first-order valence-corrected chi connectivity index (χ1v) is 8.52. The van der Waals surface area contributed by atoms with E-state index in [1.54, 1.807) is 10.9 Å². The molecule has 122 valence electrons. The molecule has 0 bridgehead atoms. The molecule has 0 radical (unpaired) electrons. The van der Waals surface area contributed by atoms with Gasteiger partial charge >= 0.3 is 0 Å². The number of carbonyl (C=O) groups is 2. The lowest BCUT2D eigenvalue weighted by Crippen LogP contribution is -2.26. The highest BCUT2D eigenvalue weighted by atomic mass is 32.2. The molecule has 0 atom stereocenters. The summed E-state index contributed by atoms with van der Waals surface area (Å²) in [6.45, 7) is 0.598. The predicted octanol–water partition coefficient (Wildman–Crippen LogP) is 1.14. The number of nitrogens with zero attached hydrogens (tertiary/aromatic N) is 2. The number of hydrogen-bond donors (Lipinski definition) is 2. The summed E-state index contributed by atoms with van der Waals surface area (Å²) in [5, 5.41) is 7.05. The summed E-state index contributed by atoms with van der Waals surface area (Å²) in [5.74, 6) is 0.507. The van der Waals surface area contributed by atoms with Crippen molar-refractivity contribution in [3.8, 4) is 5.69 Å². The van der Waals surface area contributed by atoms with Gasteiger partial charge in [-0.15, -0.1) is 0 Å². The molecule has 2 aromatic rings. The third kappa shape index (κ3) is 6.15. The van der Waals surface area contributed by atoms with Crippen LogP contribution in [0.5, 0.6) is 0 Å². The Hall–Kier alpha value is -2.28. The third-order valence-electron chi connectivity index (χ3n) is 3.16. The summed E-state index contributed by atoms with van der Waals surface area (Å²) in [4.78, 5) is 22.2. The van der Waals surface area contributed by atoms with Crippen molar-refractivity contribution in [2.24, 2.45) is 5.73 Å². The second-order valence-corrected chi connectivity index (χ2v) is 6.09. The van der Waals surface area contributed by atoms with Crippen molar-refractivity contribution in [2.45, 2.75) is 12.8 Å². The van der Waals surface area contributed by atoms with Crippen LogP contribution >= 0.6 is 11.8 Å². The van der Waals surface area contributed by atoms with E-state index in [1.807, 2.05) is 36.5 Å². The van der Waals surface area contributed by atoms with Gasteiger partial charge in [-0.05, 0) is 30.2 Å². The number of amides is 2. The zero-order valence-corrected chi connectivity index (χ0v) is 13.6. The van der Waals surface area contributed by atoms with Crippen molar-refractivity contribution in [3.63, 3.8) is 0 Å². The maximum Gasteiger partial charge on any atom is 0.227 e. The zero-order chi connectivity index (χ0) is 16.5. The van der Waals surface area contributed by atoms with Crippen LogP contribution < -0.4 is 11.1 Å². The van der Waals surface area contributed by atoms with Gasteiger partial charge in [-0.3, -0.25) is 9.59 Å². The standard InChI is InChI=1S/C16H20N4O2S/c17-15(21)12-23-11-7-16(22)18-9-6-13-2-4-14(5-3-13)20-10-1-8-19-20/h1-5,8,10H,6-7,9,11-12H2,(H2,17,21)(H,18,22). The van der Waals surface area contributed by atoms with Crippen LogP contribution in [0.2, 0.25) is 0 Å². The van der Waals surface area contributed by atoms with E-state index < -0.39 is 0 Å². The fraction of sp³-hybridized carbons (Fsp3) is 0.312. The molecule has 0 fully saturated rings. The molecule has 1 heterocycles. The van der Waals surface area contributed by atoms with Crippen molar-refractivity contribution >= 4 is 23.6 Å². The van der Waals surface area contributed by atoms with E-state index in [4.69, 9.17) is 5.73 Å². The highest BCUT2D eigenvalue weighted by molar-refractivity contribution is 7.99. The van der Waals surface area contributed by atoms with Crippen LogP contribution in [0.15, 0.2) is 42.7 Å². The minimum Gasteiger partial charge on any atom is -0.369 e. The van der Waals surface area contributed by atoms with Gasteiger partial charge in [0.15, 0.2) is 0 Å². The van der Waals surface area contributed by atoms with Crippen molar-refractivity contribution in [3.05, 3.63) is 48.3 Å². The Morgan fingerprint density at radius 1 is 1.26 bits per heavy atom. The summed E-state index contributed by atoms with van der Waals surface area (Å²) < 4.78 is 1.80. The number of nitrogens with two attached hydrogens (primary N) is 1. The molecule has 0 aliphatic carbocycles. The minimum absolute atomic E-state index is 0.00451. The Kier molecular flexibility index (Phi) is 6.68. The van der Waals surface area contributed by atoms with E-state index in [0.717, 1.165) is 17.7 Å². The summed E-state index contributed by atoms with van der Waals surface area (Å²) >= 11 is 1.38. The quantitative estimate of drug-likeness (QED) is 0.674. The van der Waals surface area contributed by atoms with Crippen LogP contribution in [-0.2, 0) is 16.0 Å². The van der Waals surface area contributed by atoms with E-state index in [1.165, 1.54) is 11.8 Å². The molecule has 6 nitrogen and oxygen atoms in total. The molecule has 7 heteroatoms. The normalized spacial score (nSPS) is 10.4. The predicted molar refractivity (Wildman–Crippen MR) is 91.4 cm³/mol. The second kappa shape index (κ2) is 8.99. The Morgan fingerprint density at radius 3 is 2.70 bits per heavy atom. The fourth-order valence-corrected chi connectivity index (χ4v) is 2.68. The number of hydrogen-bond acceptors (Lipinski definition) is 4. The van der Waals surface area contributed by atoms with Gasteiger partial charge in [0, 0.05) is 31.1 Å². The molecule has 2 amide bonds. The molecular formula is C16H20N4O2S. The van der Waals surface area contributed by atoms with Crippen LogP contribution in [0.1, 0.15) is 12.0 Å². The zero-order valence-electron chi connectivity index (χ0n) is 12.8. The number of primary amides is 1. The molecule has 0 saturated heterocycles. The number of nitrogens with one attached hydrogen (secondary N) is 1. The first kappa shape index (κ1) is 17.1. The highest BCUT2D eigenvalue weighted by Crippen LogP contribution is 2.09. The molecule has 1 aromatic heterocycles. The largest absolute Gasteiger partial charge is 0.369 e. The molecule has 23 heavy (non-hydrogen) atoms. The van der Waals surface area contributed by atoms with Crippen molar-refractivity contribution < 1.29 is 9.59 Å². The van der Waals surface area contributed by atoms with Crippen LogP contribution in [0.4, 0.5) is 0 Å². The topological polar surface area (TPSA) is 90.0 Å². The van der Waals surface area contributed by atoms with Crippen molar-refractivity contribution in [2.75, 3.05) is 18.1 Å². The summed E-state index contributed by atoms with van der Waals surface area (Å²) in [5.41, 5.74) is 7.20. The Balaban J connectivity index is 1.66. The smallest absolute Gasteiger partial charge is 0.227 e. The van der Waals surface area contributed by atoms with Gasteiger partial charge in [-0.25, -0.2) is 4.68 Å². The molecule has 0 aliphatic heterocycles. The monoisotopic (exact) mass is 332 g/mol. The highest BCUT2D eigenvalue weighted by Gasteiger charge is 2.03. The number of rotatable bonds is 9. The Bertz CT molecular complexity index is 626. The van der Waals surface area contributed by atoms with Crippen molar-refractivity contribution in [1.29, 1.82) is 0 Å². The lowest BCUT2D eigenvalue weighted by molar-refractivity contribution is -0.120. The SMILES string of the molecule is NC(=O)CSCCC(=O)NCCc1ccc(-n2cccn2)cc1. The van der Waals surface area contributed by atoms with E-state index in [-0.39, 0.29) is 17.6 Å². The van der Waals surface area contributed by atoms with Crippen LogP contribution in [0, 0.1) is 0 Å². The van der Waals surface area contributed by atoms with E-state index in [9.17, 15) is 9.59 Å². The van der Waals surface area contributed by atoms with Gasteiger partial charge in [0.05, 0.1) is 11.4 Å². The first-order valence-electron chi connectivity index (χ1n) is 7.37. The molecule has 2 rings (SSSR count). The lowest BCUT2D eigenvalue weighted by atomic mass is 10.1. The van der Waals surface area contributed by atoms with Crippen LogP contribution in [-0.4, -0.2) is 39.6 Å². The Labute approximate surface area is 139 Å². The average molecular weight is 332 g/mol. The third-order valence-corrected chi connectivity index (χ3v) is 4.14. The molecule has 0 spiro atoms. The van der Waals surface area contributed by atoms with Gasteiger partial charge in [0.25, 0.3) is 0 Å². The van der Waals surface area contributed by atoms with Gasteiger partial charge < -0.3 is 11.1 Å². The molecule has 3 N–H and O–H groups in total. The number of thioether (sulfide) groups is 1. The van der Waals surface area contributed by atoms with Gasteiger partial charge in [0.2, 0.25) is 11.8 Å². The fourth-order valence-electron chi connectivity index (χ4n) is 2.01. The number of carbonyl (C=O) groups excluding carboxylic acids is 2. The van der Waals surface area contributed by atoms with E-state index in [0.29, 0.717) is 18.7 Å². The second-order valence-electron chi connectivity index (χ2n) is 4.99. The van der Waals surface area contributed by atoms with Gasteiger partial charge in [0.1, 0.15) is 0 Å². The van der Waals surface area contributed by atoms with Gasteiger partial charge in [-0.2, -0.15) is 16.9 Å². The molecule has 1 aromatic carbocycles. The number of benzene rings is 1. The van der Waals surface area contributed by atoms with E-state index in [2.05, 4.69) is 10.4 Å². The first-order chi connectivity index (χ1) is 11.1. The van der Waals surface area contributed by atoms with Gasteiger partial charge in [-0.1, -0.05) is 12.1 Å². The van der Waals surface area contributed by atoms with E-state index >= 15 is 0 Å². The van der Waals surface area contributed by atoms with Crippen molar-refractivity contribution in [1.82, 2.24) is 15.1 Å². The molecular weight excluding hydrogens is 312 g/mol. The molecule has 0 unspecified atom stereocenters. The maximum atomic E-state index is 11.6. The maximum absolute atomic E-state index is 11.6. The molecule has 0 saturated carbocycles. The van der Waals surface area contributed by atoms with Crippen LogP contribution in [0.25, 0.3) is 5.69 Å². The number of aromatic nitrogens is 2. The minimum atomic E-state index is -0.353. The lowest BCUT2D eigenvalue weighted by Gasteiger charge is -2.06. The Morgan fingerprint density at radius 2 is 2.04 bits per heavy atom. The summed E-state index contributed by atoms with van der Waals surface area (Å²) in [7, 11) is 0. The summed E-state index contributed by atoms with van der Waals surface area (Å²) in [6, 6.07) is 9.96. The van der Waals surface area contributed by atoms with Crippen LogP contribution in [0.3, 0.4) is 0 Å².